The Bertz CT molecular complexity index is 1180. The summed E-state index contributed by atoms with van der Waals surface area (Å²) in [6, 6.07) is 2.51. The second kappa shape index (κ2) is 10.6. The molecule has 3 saturated carbocycles. The number of aliphatic hydroxyl groups is 2. The molecule has 4 aliphatic carbocycles. The van der Waals surface area contributed by atoms with Gasteiger partial charge in [0.25, 0.3) is 0 Å². The topological polar surface area (TPSA) is 125 Å². The first-order chi connectivity index (χ1) is 18.9. The molecule has 2 bridgehead atoms. The molecule has 9 nitrogen and oxygen atoms in total. The van der Waals surface area contributed by atoms with Gasteiger partial charge in [-0.05, 0) is 74.0 Å². The Labute approximate surface area is 228 Å². The molecular weight excluding hydrogens is 500 g/mol. The van der Waals surface area contributed by atoms with Crippen LogP contribution in [-0.2, 0) is 9.59 Å². The van der Waals surface area contributed by atoms with Crippen molar-refractivity contribution in [2.75, 3.05) is 26.8 Å². The highest BCUT2D eigenvalue weighted by molar-refractivity contribution is 5.96. The Balaban J connectivity index is 1.35. The first-order valence-corrected chi connectivity index (χ1v) is 14.3. The van der Waals surface area contributed by atoms with E-state index in [4.69, 9.17) is 9.47 Å². The van der Waals surface area contributed by atoms with Crippen molar-refractivity contribution >= 4 is 18.1 Å². The summed E-state index contributed by atoms with van der Waals surface area (Å²) in [4.78, 5) is 40.8. The van der Waals surface area contributed by atoms with Crippen molar-refractivity contribution in [3.05, 3.63) is 34.9 Å². The number of aliphatic hydroxyl groups excluding tert-OH is 2. The van der Waals surface area contributed by atoms with Gasteiger partial charge in [0.15, 0.2) is 11.5 Å². The second-order valence-corrected chi connectivity index (χ2v) is 12.0. The number of carbonyl (C=O) groups excluding carboxylic acids is 3. The number of hydrogen-bond acceptors (Lipinski definition) is 7. The van der Waals surface area contributed by atoms with Crippen LogP contribution in [0.5, 0.6) is 11.5 Å². The summed E-state index contributed by atoms with van der Waals surface area (Å²) in [5.74, 6) is 1.87. The molecule has 1 aromatic carbocycles. The first-order valence-electron chi connectivity index (χ1n) is 14.3. The zero-order valence-corrected chi connectivity index (χ0v) is 22.4. The standard InChI is InChI=1S/C30H38N2O7/c1-38-24-11-18(15-34)10-21-26-22(30(37)31-6-7-33)13-23(27(36)29(26)39-28(21)24)32(14-16-2-3-16)25(35)12-20-9-17-4-5-19(20)8-17/h10-11,13,15-17,19-20,23,26-27,29,33,36H,2-9,12,14H2,1H3,(H,31,37). The van der Waals surface area contributed by atoms with Crippen LogP contribution in [0.3, 0.4) is 0 Å². The van der Waals surface area contributed by atoms with E-state index < -0.39 is 30.1 Å². The maximum absolute atomic E-state index is 13.9. The number of rotatable bonds is 10. The first kappa shape index (κ1) is 26.3. The van der Waals surface area contributed by atoms with Crippen LogP contribution in [0.25, 0.3) is 0 Å². The maximum Gasteiger partial charge on any atom is 0.247 e. The number of hydrogen-bond donors (Lipinski definition) is 3. The van der Waals surface area contributed by atoms with Gasteiger partial charge in [0.05, 0.1) is 25.7 Å². The number of nitrogens with zero attached hydrogens (tertiary/aromatic N) is 1. The van der Waals surface area contributed by atoms with E-state index in [-0.39, 0.29) is 19.1 Å². The number of benzene rings is 1. The van der Waals surface area contributed by atoms with Gasteiger partial charge in [-0.2, -0.15) is 0 Å². The van der Waals surface area contributed by atoms with Gasteiger partial charge in [-0.1, -0.05) is 6.42 Å². The molecule has 0 radical (unpaired) electrons. The fourth-order valence-corrected chi connectivity index (χ4v) is 7.49. The fourth-order valence-electron chi connectivity index (χ4n) is 7.49. The van der Waals surface area contributed by atoms with Crippen LogP contribution in [0.15, 0.2) is 23.8 Å². The van der Waals surface area contributed by atoms with Gasteiger partial charge in [0.2, 0.25) is 11.8 Å². The molecular formula is C30H38N2O7. The molecule has 5 aliphatic rings. The third-order valence-electron chi connectivity index (χ3n) is 9.56. The number of ether oxygens (including phenoxy) is 2. The molecule has 1 heterocycles. The summed E-state index contributed by atoms with van der Waals surface area (Å²) < 4.78 is 11.8. The minimum atomic E-state index is -1.08. The van der Waals surface area contributed by atoms with Crippen LogP contribution >= 0.6 is 0 Å². The van der Waals surface area contributed by atoms with Crippen LogP contribution in [0.4, 0.5) is 0 Å². The van der Waals surface area contributed by atoms with Crippen LogP contribution in [-0.4, -0.2) is 78.3 Å². The highest BCUT2D eigenvalue weighted by Gasteiger charge is 2.52. The summed E-state index contributed by atoms with van der Waals surface area (Å²) >= 11 is 0. The van der Waals surface area contributed by atoms with Gasteiger partial charge in [-0.3, -0.25) is 14.4 Å². The predicted octanol–water partition coefficient (Wildman–Crippen LogP) is 2.20. The molecule has 0 aromatic heterocycles. The van der Waals surface area contributed by atoms with Gasteiger partial charge < -0.3 is 29.9 Å². The predicted molar refractivity (Wildman–Crippen MR) is 142 cm³/mol. The van der Waals surface area contributed by atoms with Crippen molar-refractivity contribution in [2.24, 2.45) is 23.7 Å². The molecule has 6 rings (SSSR count). The molecule has 9 heteroatoms. The minimum Gasteiger partial charge on any atom is -0.493 e. The van der Waals surface area contributed by atoms with Crippen molar-refractivity contribution in [2.45, 2.75) is 69.1 Å². The lowest BCUT2D eigenvalue weighted by Gasteiger charge is -2.41. The Hall–Kier alpha value is -2.91. The minimum absolute atomic E-state index is 0.0321. The molecule has 2 amide bonds. The molecule has 3 fully saturated rings. The average Bonchev–Trinajstić information content (AvgIpc) is 3.32. The Morgan fingerprint density at radius 2 is 2.03 bits per heavy atom. The SMILES string of the molecule is COc1cc(C=O)cc2c1OC1C2C(C(=O)NCCO)=CC(N(CC2CC2)C(=O)CC2CC3CCC2C3)C1O. The Kier molecular flexibility index (Phi) is 7.14. The van der Waals surface area contributed by atoms with Crippen LogP contribution in [0.1, 0.15) is 66.8 Å². The van der Waals surface area contributed by atoms with E-state index in [0.29, 0.717) is 65.2 Å². The number of fused-ring (bicyclic) bond motifs is 5. The van der Waals surface area contributed by atoms with Crippen molar-refractivity contribution in [3.8, 4) is 11.5 Å². The number of nitrogens with one attached hydrogen (secondary N) is 1. The van der Waals surface area contributed by atoms with Gasteiger partial charge in [0.1, 0.15) is 18.5 Å². The molecule has 210 valence electrons. The van der Waals surface area contributed by atoms with Crippen molar-refractivity contribution < 1.29 is 34.1 Å². The van der Waals surface area contributed by atoms with Crippen LogP contribution in [0.2, 0.25) is 0 Å². The normalized spacial score (nSPS) is 32.1. The lowest BCUT2D eigenvalue weighted by atomic mass is 9.77. The monoisotopic (exact) mass is 538 g/mol. The highest BCUT2D eigenvalue weighted by atomic mass is 16.5. The lowest BCUT2D eigenvalue weighted by molar-refractivity contribution is -0.139. The summed E-state index contributed by atoms with van der Waals surface area (Å²) in [5, 5.41) is 23.8. The molecule has 0 spiro atoms. The quantitative estimate of drug-likeness (QED) is 0.390. The summed E-state index contributed by atoms with van der Waals surface area (Å²) in [5.41, 5.74) is 1.32. The van der Waals surface area contributed by atoms with E-state index in [1.165, 1.54) is 26.4 Å². The molecule has 0 saturated heterocycles. The smallest absolute Gasteiger partial charge is 0.247 e. The maximum atomic E-state index is 13.9. The molecule has 1 aromatic rings. The van der Waals surface area contributed by atoms with E-state index in [0.717, 1.165) is 25.2 Å². The average molecular weight is 539 g/mol. The summed E-state index contributed by atoms with van der Waals surface area (Å²) in [6.07, 6.45) is 7.89. The van der Waals surface area contributed by atoms with E-state index in [1.807, 2.05) is 0 Å². The zero-order chi connectivity index (χ0) is 27.3. The molecule has 3 N–H and O–H groups in total. The molecule has 7 atom stereocenters. The Morgan fingerprint density at radius 3 is 2.67 bits per heavy atom. The number of amides is 2. The fraction of sp³-hybridized carbons (Fsp3) is 0.633. The van der Waals surface area contributed by atoms with Gasteiger partial charge >= 0.3 is 0 Å². The molecule has 7 unspecified atom stereocenters. The number of methoxy groups -OCH3 is 1. The molecule has 39 heavy (non-hydrogen) atoms. The van der Waals surface area contributed by atoms with Crippen LogP contribution in [0, 0.1) is 23.7 Å². The van der Waals surface area contributed by atoms with Gasteiger partial charge in [-0.15, -0.1) is 0 Å². The van der Waals surface area contributed by atoms with E-state index in [1.54, 1.807) is 23.1 Å². The van der Waals surface area contributed by atoms with Crippen molar-refractivity contribution in [1.29, 1.82) is 0 Å². The van der Waals surface area contributed by atoms with Gasteiger partial charge in [0, 0.05) is 36.2 Å². The largest absolute Gasteiger partial charge is 0.493 e. The van der Waals surface area contributed by atoms with Crippen molar-refractivity contribution in [1.82, 2.24) is 10.2 Å². The third kappa shape index (κ3) is 4.84. The highest BCUT2D eigenvalue weighted by Crippen LogP contribution is 2.52. The second-order valence-electron chi connectivity index (χ2n) is 12.0. The van der Waals surface area contributed by atoms with Crippen molar-refractivity contribution in [3.63, 3.8) is 0 Å². The van der Waals surface area contributed by atoms with Crippen LogP contribution < -0.4 is 14.8 Å². The third-order valence-corrected chi connectivity index (χ3v) is 9.56. The lowest BCUT2D eigenvalue weighted by Crippen LogP contribution is -2.56. The van der Waals surface area contributed by atoms with E-state index >= 15 is 0 Å². The number of aldehydes is 1. The zero-order valence-electron chi connectivity index (χ0n) is 22.4. The Morgan fingerprint density at radius 1 is 1.21 bits per heavy atom. The summed E-state index contributed by atoms with van der Waals surface area (Å²) in [7, 11) is 1.48. The number of carbonyl (C=O) groups is 3. The molecule has 1 aliphatic heterocycles. The van der Waals surface area contributed by atoms with E-state index in [9.17, 15) is 24.6 Å². The van der Waals surface area contributed by atoms with Gasteiger partial charge in [-0.25, -0.2) is 0 Å². The summed E-state index contributed by atoms with van der Waals surface area (Å²) in [6.45, 7) is 0.402. The van der Waals surface area contributed by atoms with E-state index in [2.05, 4.69) is 5.32 Å².